The van der Waals surface area contributed by atoms with Gasteiger partial charge < -0.3 is 15.0 Å². The Morgan fingerprint density at radius 2 is 1.95 bits per heavy atom. The van der Waals surface area contributed by atoms with Gasteiger partial charge in [-0.1, -0.05) is 0 Å². The minimum absolute atomic E-state index is 0.0202. The number of hydrogen-bond donors (Lipinski definition) is 2. The van der Waals surface area contributed by atoms with Gasteiger partial charge in [0.1, 0.15) is 0 Å². The highest BCUT2D eigenvalue weighted by Crippen LogP contribution is 2.20. The predicted octanol–water partition coefficient (Wildman–Crippen LogP) is 1.88. The largest absolute Gasteiger partial charge is 0.462 e. The fraction of sp³-hybridized carbons (Fsp3) is 0.571. The molecule has 0 atom stereocenters. The van der Waals surface area contributed by atoms with Gasteiger partial charge in [-0.2, -0.15) is 0 Å². The Balaban J connectivity index is 2.79. The molecule has 1 aromatic rings. The quantitative estimate of drug-likeness (QED) is 0.772. The molecule has 5 heteroatoms. The maximum atomic E-state index is 11.8. The summed E-state index contributed by atoms with van der Waals surface area (Å²) in [5.41, 5.74) is 3.18. The molecule has 0 aliphatic rings. The van der Waals surface area contributed by atoms with Crippen LogP contribution in [0.5, 0.6) is 0 Å². The van der Waals surface area contributed by atoms with Gasteiger partial charge in [-0.15, -0.1) is 0 Å². The SMILES string of the molecule is CCNC(=O)CCc1[nH]c(C)c(C(=O)OCC)c1C. The van der Waals surface area contributed by atoms with E-state index in [0.717, 1.165) is 17.0 Å². The molecule has 19 heavy (non-hydrogen) atoms. The van der Waals surface area contributed by atoms with E-state index in [-0.39, 0.29) is 11.9 Å². The number of nitrogens with one attached hydrogen (secondary N) is 2. The predicted molar refractivity (Wildman–Crippen MR) is 73.2 cm³/mol. The number of esters is 1. The molecule has 0 saturated carbocycles. The van der Waals surface area contributed by atoms with Gasteiger partial charge in [-0.05, 0) is 39.7 Å². The first-order valence-electron chi connectivity index (χ1n) is 6.63. The topological polar surface area (TPSA) is 71.2 Å². The lowest BCUT2D eigenvalue weighted by Gasteiger charge is -2.03. The van der Waals surface area contributed by atoms with Crippen LogP contribution in [0.15, 0.2) is 0 Å². The summed E-state index contributed by atoms with van der Waals surface area (Å²) < 4.78 is 5.03. The van der Waals surface area contributed by atoms with E-state index in [1.165, 1.54) is 0 Å². The Morgan fingerprint density at radius 3 is 2.53 bits per heavy atom. The van der Waals surface area contributed by atoms with E-state index < -0.39 is 0 Å². The number of carbonyl (C=O) groups excluding carboxylic acids is 2. The maximum Gasteiger partial charge on any atom is 0.340 e. The summed E-state index contributed by atoms with van der Waals surface area (Å²) in [6.07, 6.45) is 1.01. The van der Waals surface area contributed by atoms with Crippen molar-refractivity contribution < 1.29 is 14.3 Å². The highest BCUT2D eigenvalue weighted by molar-refractivity contribution is 5.92. The zero-order valence-electron chi connectivity index (χ0n) is 12.1. The first-order chi connectivity index (χ1) is 9.01. The van der Waals surface area contributed by atoms with Crippen LogP contribution in [-0.4, -0.2) is 30.0 Å². The number of aromatic amines is 1. The molecule has 0 bridgehead atoms. The van der Waals surface area contributed by atoms with Crippen LogP contribution < -0.4 is 5.32 Å². The number of amides is 1. The molecular weight excluding hydrogens is 244 g/mol. The number of ether oxygens (including phenoxy) is 1. The van der Waals surface area contributed by atoms with Gasteiger partial charge in [0.15, 0.2) is 0 Å². The molecule has 0 aromatic carbocycles. The Hall–Kier alpha value is -1.78. The summed E-state index contributed by atoms with van der Waals surface area (Å²) in [5.74, 6) is -0.287. The average molecular weight is 266 g/mol. The highest BCUT2D eigenvalue weighted by atomic mass is 16.5. The summed E-state index contributed by atoms with van der Waals surface area (Å²) in [5, 5.41) is 2.76. The molecule has 106 valence electrons. The van der Waals surface area contributed by atoms with E-state index >= 15 is 0 Å². The average Bonchev–Trinajstić information content (AvgIpc) is 2.62. The zero-order valence-corrected chi connectivity index (χ0v) is 12.1. The van der Waals surface area contributed by atoms with Crippen molar-refractivity contribution in [1.82, 2.24) is 10.3 Å². The highest BCUT2D eigenvalue weighted by Gasteiger charge is 2.19. The van der Waals surface area contributed by atoms with Crippen LogP contribution in [0.4, 0.5) is 0 Å². The number of hydrogen-bond acceptors (Lipinski definition) is 3. The van der Waals surface area contributed by atoms with Crippen molar-refractivity contribution in [2.75, 3.05) is 13.2 Å². The van der Waals surface area contributed by atoms with Crippen molar-refractivity contribution in [1.29, 1.82) is 0 Å². The number of aryl methyl sites for hydroxylation is 2. The van der Waals surface area contributed by atoms with Gasteiger partial charge in [0, 0.05) is 24.4 Å². The molecule has 0 saturated heterocycles. The van der Waals surface area contributed by atoms with Gasteiger partial charge in [0.05, 0.1) is 12.2 Å². The molecule has 0 unspecified atom stereocenters. The summed E-state index contributed by atoms with van der Waals surface area (Å²) in [6.45, 7) is 8.39. The van der Waals surface area contributed by atoms with Gasteiger partial charge in [-0.25, -0.2) is 4.79 Å². The van der Waals surface area contributed by atoms with Crippen LogP contribution in [0.3, 0.4) is 0 Å². The molecule has 1 heterocycles. The molecular formula is C14H22N2O3. The van der Waals surface area contributed by atoms with Crippen molar-refractivity contribution in [3.05, 3.63) is 22.5 Å². The van der Waals surface area contributed by atoms with Crippen molar-refractivity contribution in [3.63, 3.8) is 0 Å². The number of H-pyrrole nitrogens is 1. The lowest BCUT2D eigenvalue weighted by atomic mass is 10.1. The maximum absolute atomic E-state index is 11.8. The normalized spacial score (nSPS) is 10.3. The van der Waals surface area contributed by atoms with Crippen LogP contribution in [0, 0.1) is 13.8 Å². The molecule has 0 spiro atoms. The van der Waals surface area contributed by atoms with Crippen LogP contribution >= 0.6 is 0 Å². The summed E-state index contributed by atoms with van der Waals surface area (Å²) >= 11 is 0. The first kappa shape index (κ1) is 15.3. The number of carbonyl (C=O) groups is 2. The van der Waals surface area contributed by atoms with E-state index in [1.807, 2.05) is 20.8 Å². The third-order valence-corrected chi connectivity index (χ3v) is 3.00. The third-order valence-electron chi connectivity index (χ3n) is 3.00. The first-order valence-corrected chi connectivity index (χ1v) is 6.63. The Bertz CT molecular complexity index is 464. The number of rotatable bonds is 6. The zero-order chi connectivity index (χ0) is 14.4. The lowest BCUT2D eigenvalue weighted by molar-refractivity contribution is -0.120. The van der Waals surface area contributed by atoms with E-state index in [9.17, 15) is 9.59 Å². The van der Waals surface area contributed by atoms with Crippen molar-refractivity contribution in [2.45, 2.75) is 40.5 Å². The van der Waals surface area contributed by atoms with Gasteiger partial charge >= 0.3 is 5.97 Å². The van der Waals surface area contributed by atoms with E-state index in [4.69, 9.17) is 4.74 Å². The fourth-order valence-corrected chi connectivity index (χ4v) is 2.10. The second-order valence-corrected chi connectivity index (χ2v) is 4.40. The molecule has 0 aliphatic heterocycles. The molecule has 0 radical (unpaired) electrons. The molecule has 5 nitrogen and oxygen atoms in total. The smallest absolute Gasteiger partial charge is 0.340 e. The molecule has 1 amide bonds. The van der Waals surface area contributed by atoms with E-state index in [1.54, 1.807) is 6.92 Å². The summed E-state index contributed by atoms with van der Waals surface area (Å²) in [4.78, 5) is 26.4. The second-order valence-electron chi connectivity index (χ2n) is 4.40. The van der Waals surface area contributed by atoms with Crippen LogP contribution in [-0.2, 0) is 16.0 Å². The van der Waals surface area contributed by atoms with Gasteiger partial charge in [0.25, 0.3) is 0 Å². The minimum Gasteiger partial charge on any atom is -0.462 e. The summed E-state index contributed by atoms with van der Waals surface area (Å²) in [6, 6.07) is 0. The Morgan fingerprint density at radius 1 is 1.26 bits per heavy atom. The van der Waals surface area contributed by atoms with Gasteiger partial charge in [-0.3, -0.25) is 4.79 Å². The van der Waals surface area contributed by atoms with Crippen molar-refractivity contribution in [3.8, 4) is 0 Å². The van der Waals surface area contributed by atoms with E-state index in [0.29, 0.717) is 31.6 Å². The third kappa shape index (κ3) is 3.84. The molecule has 2 N–H and O–H groups in total. The molecule has 0 fully saturated rings. The standard InChI is InChI=1S/C14H22N2O3/c1-5-15-12(17)8-7-11-9(3)13(10(4)16-11)14(18)19-6-2/h16H,5-8H2,1-4H3,(H,15,17). The number of aromatic nitrogens is 1. The minimum atomic E-state index is -0.307. The monoisotopic (exact) mass is 266 g/mol. The summed E-state index contributed by atoms with van der Waals surface area (Å²) in [7, 11) is 0. The fourth-order valence-electron chi connectivity index (χ4n) is 2.10. The molecule has 1 aromatic heterocycles. The van der Waals surface area contributed by atoms with Crippen LogP contribution in [0.1, 0.15) is 47.6 Å². The molecule has 0 aliphatic carbocycles. The Kier molecular flexibility index (Phi) is 5.60. The van der Waals surface area contributed by atoms with Crippen molar-refractivity contribution >= 4 is 11.9 Å². The van der Waals surface area contributed by atoms with E-state index in [2.05, 4.69) is 10.3 Å². The van der Waals surface area contributed by atoms with Crippen molar-refractivity contribution in [2.24, 2.45) is 0 Å². The lowest BCUT2D eigenvalue weighted by Crippen LogP contribution is -2.22. The van der Waals surface area contributed by atoms with Crippen LogP contribution in [0.25, 0.3) is 0 Å². The van der Waals surface area contributed by atoms with Crippen LogP contribution in [0.2, 0.25) is 0 Å². The van der Waals surface area contributed by atoms with Gasteiger partial charge in [0.2, 0.25) is 5.91 Å². The Labute approximate surface area is 113 Å². The second kappa shape index (κ2) is 6.97. The molecule has 1 rings (SSSR count).